The second kappa shape index (κ2) is 8.22. The van der Waals surface area contributed by atoms with Gasteiger partial charge in [-0.3, -0.25) is 0 Å². The molecule has 1 unspecified atom stereocenters. The zero-order valence-electron chi connectivity index (χ0n) is 18.4. The summed E-state index contributed by atoms with van der Waals surface area (Å²) in [4.78, 5) is 4.47. The van der Waals surface area contributed by atoms with Crippen molar-refractivity contribution in [3.8, 4) is 11.3 Å². The van der Waals surface area contributed by atoms with Crippen LogP contribution in [0.5, 0.6) is 0 Å². The first-order valence-corrected chi connectivity index (χ1v) is 11.1. The number of fused-ring (bicyclic) bond motifs is 1. The van der Waals surface area contributed by atoms with Crippen molar-refractivity contribution in [1.82, 2.24) is 19.9 Å². The van der Waals surface area contributed by atoms with Gasteiger partial charge >= 0.3 is 0 Å². The molecule has 0 bridgehead atoms. The van der Waals surface area contributed by atoms with Gasteiger partial charge in [0.2, 0.25) is 0 Å². The monoisotopic (exact) mass is 437 g/mol. The Morgan fingerprint density at radius 3 is 2.88 bits per heavy atom. The van der Waals surface area contributed by atoms with Gasteiger partial charge in [-0.1, -0.05) is 0 Å². The first-order valence-electron chi connectivity index (χ1n) is 11.1. The Hall–Kier alpha value is -2.91. The number of piperidine rings is 1. The Morgan fingerprint density at radius 2 is 2.06 bits per heavy atom. The van der Waals surface area contributed by atoms with Crippen molar-refractivity contribution in [1.29, 1.82) is 0 Å². The Labute approximate surface area is 186 Å². The van der Waals surface area contributed by atoms with Crippen LogP contribution in [0, 0.1) is 19.7 Å². The molecule has 1 spiro atoms. The fourth-order valence-corrected chi connectivity index (χ4v) is 4.70. The molecule has 0 radical (unpaired) electrons. The first kappa shape index (κ1) is 21.0. The summed E-state index contributed by atoms with van der Waals surface area (Å²) >= 11 is 0. The smallest absolute Gasteiger partial charge is 0.156 e. The number of nitrogens with zero attached hydrogens (tertiary/aromatic N) is 5. The topological polar surface area (TPSA) is 102 Å². The predicted molar refractivity (Wildman–Crippen MR) is 121 cm³/mol. The van der Waals surface area contributed by atoms with Crippen LogP contribution >= 0.6 is 0 Å². The molecule has 2 aliphatic rings. The summed E-state index contributed by atoms with van der Waals surface area (Å²) in [6.45, 7) is 6.46. The van der Waals surface area contributed by atoms with Gasteiger partial charge in [-0.05, 0) is 70.0 Å². The Kier molecular flexibility index (Phi) is 5.38. The van der Waals surface area contributed by atoms with Crippen LogP contribution in [0.25, 0.3) is 16.9 Å². The van der Waals surface area contributed by atoms with E-state index in [0.717, 1.165) is 55.7 Å². The zero-order chi connectivity index (χ0) is 22.3. The van der Waals surface area contributed by atoms with E-state index >= 15 is 0 Å². The fraction of sp³-hybridized carbons (Fsp3) is 0.478. The van der Waals surface area contributed by atoms with E-state index in [9.17, 15) is 4.39 Å². The Balaban J connectivity index is 1.44. The van der Waals surface area contributed by atoms with E-state index in [1.165, 1.54) is 6.07 Å². The van der Waals surface area contributed by atoms with Crippen molar-refractivity contribution in [3.63, 3.8) is 0 Å². The van der Waals surface area contributed by atoms with Gasteiger partial charge in [0.15, 0.2) is 5.65 Å². The number of halogens is 1. The molecule has 2 aromatic heterocycles. The number of aryl methyl sites for hydroxylation is 2. The normalized spacial score (nSPS) is 21.0. The van der Waals surface area contributed by atoms with Gasteiger partial charge < -0.3 is 15.8 Å². The van der Waals surface area contributed by atoms with Crippen LogP contribution in [-0.4, -0.2) is 45.9 Å². The predicted octanol–water partition coefficient (Wildman–Crippen LogP) is 4.12. The summed E-state index contributed by atoms with van der Waals surface area (Å²) in [5, 5.41) is 16.9. The van der Waals surface area contributed by atoms with E-state index in [2.05, 4.69) is 25.6 Å². The molecule has 2 saturated heterocycles. The molecule has 8 nitrogen and oxygen atoms in total. The van der Waals surface area contributed by atoms with Gasteiger partial charge in [0.05, 0.1) is 34.9 Å². The minimum absolute atomic E-state index is 0.00239. The Bertz CT molecular complexity index is 1180. The maximum atomic E-state index is 14.7. The van der Waals surface area contributed by atoms with Gasteiger partial charge in [-0.15, -0.1) is 0 Å². The van der Waals surface area contributed by atoms with E-state index in [0.29, 0.717) is 23.6 Å². The lowest BCUT2D eigenvalue weighted by Gasteiger charge is -2.42. The SMILES string of the molecule is Cc1cn2nc(-c3cc(F)c(N)c(N=NC4CCOC5(CCNCC5)C4)c3)cc(C)c2n1. The minimum atomic E-state index is -0.528. The van der Waals surface area contributed by atoms with Gasteiger partial charge in [-0.25, -0.2) is 13.9 Å². The van der Waals surface area contributed by atoms with Crippen molar-refractivity contribution in [3.05, 3.63) is 41.5 Å². The number of hydrogen-bond donors (Lipinski definition) is 2. The summed E-state index contributed by atoms with van der Waals surface area (Å²) in [6, 6.07) is 5.08. The highest BCUT2D eigenvalue weighted by Crippen LogP contribution is 2.36. The van der Waals surface area contributed by atoms with E-state index in [4.69, 9.17) is 10.5 Å². The number of anilines is 1. The van der Waals surface area contributed by atoms with E-state index in [1.807, 2.05) is 26.1 Å². The highest BCUT2D eigenvalue weighted by molar-refractivity contribution is 5.73. The molecule has 9 heteroatoms. The van der Waals surface area contributed by atoms with Gasteiger partial charge in [0.1, 0.15) is 11.5 Å². The van der Waals surface area contributed by atoms with Crippen molar-refractivity contribution >= 4 is 17.0 Å². The van der Waals surface area contributed by atoms with Gasteiger partial charge in [0.25, 0.3) is 0 Å². The second-order valence-electron chi connectivity index (χ2n) is 8.90. The number of nitrogens with one attached hydrogen (secondary N) is 1. The lowest BCUT2D eigenvalue weighted by Crippen LogP contribution is -2.48. The van der Waals surface area contributed by atoms with Gasteiger partial charge in [-0.2, -0.15) is 15.3 Å². The molecule has 168 valence electrons. The second-order valence-corrected chi connectivity index (χ2v) is 8.90. The van der Waals surface area contributed by atoms with E-state index in [-0.39, 0.29) is 17.3 Å². The summed E-state index contributed by atoms with van der Waals surface area (Å²) in [5.74, 6) is -0.528. The van der Waals surface area contributed by atoms with Crippen LogP contribution in [-0.2, 0) is 4.74 Å². The standard InChI is InChI=1S/C23H28FN7O/c1-14-9-19(30-31-13-15(2)27-22(14)31)16-10-18(24)21(25)20(11-16)29-28-17-3-8-32-23(12-17)4-6-26-7-5-23/h9-11,13,17,26H,3-8,12,25H2,1-2H3. The van der Waals surface area contributed by atoms with E-state index < -0.39 is 5.82 Å². The molecular weight excluding hydrogens is 409 g/mol. The quantitative estimate of drug-likeness (QED) is 0.474. The van der Waals surface area contributed by atoms with Crippen LogP contribution in [0.4, 0.5) is 15.8 Å². The van der Waals surface area contributed by atoms with Crippen LogP contribution in [0.3, 0.4) is 0 Å². The number of azo groups is 1. The summed E-state index contributed by atoms with van der Waals surface area (Å²) in [6.07, 6.45) is 5.44. The van der Waals surface area contributed by atoms with Crippen LogP contribution in [0.2, 0.25) is 0 Å². The molecule has 3 N–H and O–H groups in total. The minimum Gasteiger partial charge on any atom is -0.395 e. The highest BCUT2D eigenvalue weighted by atomic mass is 19.1. The first-order chi connectivity index (χ1) is 15.4. The Morgan fingerprint density at radius 1 is 1.25 bits per heavy atom. The third-order valence-corrected chi connectivity index (χ3v) is 6.44. The summed E-state index contributed by atoms with van der Waals surface area (Å²) in [7, 11) is 0. The molecule has 2 fully saturated rings. The number of benzene rings is 1. The van der Waals surface area contributed by atoms with Crippen LogP contribution in [0.15, 0.2) is 34.6 Å². The number of nitrogen functional groups attached to an aromatic ring is 1. The third kappa shape index (κ3) is 3.98. The maximum Gasteiger partial charge on any atom is 0.156 e. The van der Waals surface area contributed by atoms with Crippen molar-refractivity contribution < 1.29 is 9.13 Å². The lowest BCUT2D eigenvalue weighted by atomic mass is 9.83. The molecule has 32 heavy (non-hydrogen) atoms. The number of imidazole rings is 1. The molecule has 0 saturated carbocycles. The average molecular weight is 438 g/mol. The molecule has 3 aromatic rings. The number of nitrogens with two attached hydrogens (primary N) is 1. The number of ether oxygens (including phenoxy) is 1. The molecule has 1 atom stereocenters. The molecule has 0 aliphatic carbocycles. The largest absolute Gasteiger partial charge is 0.395 e. The van der Waals surface area contributed by atoms with Crippen molar-refractivity contribution in [2.75, 3.05) is 25.4 Å². The molecule has 4 heterocycles. The third-order valence-electron chi connectivity index (χ3n) is 6.44. The molecular formula is C23H28FN7O. The van der Waals surface area contributed by atoms with Crippen molar-refractivity contribution in [2.24, 2.45) is 10.2 Å². The molecule has 2 aliphatic heterocycles. The maximum absolute atomic E-state index is 14.7. The molecule has 0 amide bonds. The zero-order valence-corrected chi connectivity index (χ0v) is 18.4. The van der Waals surface area contributed by atoms with Crippen molar-refractivity contribution in [2.45, 2.75) is 51.2 Å². The number of rotatable bonds is 3. The lowest BCUT2D eigenvalue weighted by molar-refractivity contribution is -0.101. The average Bonchev–Trinajstić information content (AvgIpc) is 3.16. The summed E-state index contributed by atoms with van der Waals surface area (Å²) in [5.41, 5.74) is 10.1. The number of hydrogen-bond acceptors (Lipinski definition) is 7. The van der Waals surface area contributed by atoms with E-state index in [1.54, 1.807) is 10.6 Å². The van der Waals surface area contributed by atoms with Crippen LogP contribution in [0.1, 0.15) is 36.9 Å². The highest BCUT2D eigenvalue weighted by Gasteiger charge is 2.38. The molecule has 1 aromatic carbocycles. The fourth-order valence-electron chi connectivity index (χ4n) is 4.70. The molecule has 5 rings (SSSR count). The van der Waals surface area contributed by atoms with Gasteiger partial charge in [0, 0.05) is 18.6 Å². The number of aromatic nitrogens is 3. The van der Waals surface area contributed by atoms with Crippen LogP contribution < -0.4 is 11.1 Å². The summed E-state index contributed by atoms with van der Waals surface area (Å²) < 4.78 is 22.5.